The summed E-state index contributed by atoms with van der Waals surface area (Å²) in [5, 5.41) is 0. The Hall–Kier alpha value is -2.88. The Bertz CT molecular complexity index is 843. The maximum absolute atomic E-state index is 13.1. The molecule has 0 saturated heterocycles. The Labute approximate surface area is 166 Å². The Balaban J connectivity index is 2.09. The van der Waals surface area contributed by atoms with Gasteiger partial charge in [0.2, 0.25) is 5.91 Å². The van der Waals surface area contributed by atoms with Crippen LogP contribution in [0.3, 0.4) is 0 Å². The van der Waals surface area contributed by atoms with Crippen molar-refractivity contribution in [3.05, 3.63) is 83.1 Å². The smallest absolute Gasteiger partial charge is 0.336 e. The van der Waals surface area contributed by atoms with Gasteiger partial charge >= 0.3 is 5.97 Å². The van der Waals surface area contributed by atoms with E-state index in [1.165, 1.54) is 0 Å². The van der Waals surface area contributed by atoms with Gasteiger partial charge in [0.05, 0.1) is 18.7 Å². The highest BCUT2D eigenvalue weighted by atomic mass is 16.5. The Morgan fingerprint density at radius 3 is 2.29 bits per heavy atom. The van der Waals surface area contributed by atoms with Crippen LogP contribution < -0.4 is 0 Å². The van der Waals surface area contributed by atoms with E-state index in [0.717, 1.165) is 23.2 Å². The molecular formula is C24H27NO3. The third-order valence-corrected chi connectivity index (χ3v) is 5.03. The summed E-state index contributed by atoms with van der Waals surface area (Å²) in [5.74, 6) is -0.527. The summed E-state index contributed by atoms with van der Waals surface area (Å²) in [4.78, 5) is 27.9. The number of allylic oxidation sites excluding steroid dienone is 1. The number of nitrogens with zero attached hydrogens (tertiary/aromatic N) is 1. The molecule has 1 aliphatic rings. The molecule has 0 bridgehead atoms. The minimum absolute atomic E-state index is 0.0502. The van der Waals surface area contributed by atoms with Crippen molar-refractivity contribution >= 4 is 11.9 Å². The monoisotopic (exact) mass is 377 g/mol. The second-order valence-corrected chi connectivity index (χ2v) is 6.96. The quantitative estimate of drug-likeness (QED) is 0.650. The van der Waals surface area contributed by atoms with Crippen LogP contribution in [-0.2, 0) is 20.9 Å². The average Bonchev–Trinajstić information content (AvgIpc) is 2.72. The lowest BCUT2D eigenvalue weighted by Crippen LogP contribution is -2.39. The minimum atomic E-state index is -0.314. The topological polar surface area (TPSA) is 46.6 Å². The number of rotatable bonds is 7. The van der Waals surface area contributed by atoms with Crippen molar-refractivity contribution in [2.75, 3.05) is 6.61 Å². The maximum atomic E-state index is 13.1. The van der Waals surface area contributed by atoms with E-state index in [-0.39, 0.29) is 24.2 Å². The molecule has 4 heteroatoms. The summed E-state index contributed by atoms with van der Waals surface area (Å²) in [6.45, 7) is 4.66. The first-order valence-electron chi connectivity index (χ1n) is 9.95. The van der Waals surface area contributed by atoms with Gasteiger partial charge in [-0.15, -0.1) is 0 Å². The number of hydrogen-bond donors (Lipinski definition) is 0. The standard InChI is InChI=1S/C24H27NO3/c1-3-11-21-23(24(27)28-4-2)20(19-14-9-6-10-15-19)16-22(26)25(21)17-18-12-7-5-8-13-18/h5-10,12-15,20H,3-4,11,16-17H2,1-2H3. The van der Waals surface area contributed by atoms with Crippen LogP contribution in [0, 0.1) is 0 Å². The van der Waals surface area contributed by atoms with Gasteiger partial charge in [-0.2, -0.15) is 0 Å². The fourth-order valence-corrected chi connectivity index (χ4v) is 3.78. The third-order valence-electron chi connectivity index (χ3n) is 5.03. The van der Waals surface area contributed by atoms with Crippen molar-refractivity contribution in [3.8, 4) is 0 Å². The predicted octanol–water partition coefficient (Wildman–Crippen LogP) is 4.82. The zero-order chi connectivity index (χ0) is 19.9. The molecule has 1 heterocycles. The van der Waals surface area contributed by atoms with E-state index < -0.39 is 0 Å². The van der Waals surface area contributed by atoms with Gasteiger partial charge in [0, 0.05) is 18.0 Å². The van der Waals surface area contributed by atoms with E-state index in [0.29, 0.717) is 25.1 Å². The molecule has 28 heavy (non-hydrogen) atoms. The van der Waals surface area contributed by atoms with Crippen molar-refractivity contribution in [1.29, 1.82) is 0 Å². The van der Waals surface area contributed by atoms with Crippen LogP contribution in [0.4, 0.5) is 0 Å². The maximum Gasteiger partial charge on any atom is 0.336 e. The lowest BCUT2D eigenvalue weighted by atomic mass is 9.82. The van der Waals surface area contributed by atoms with Crippen molar-refractivity contribution in [2.45, 2.75) is 45.6 Å². The molecule has 1 aliphatic heterocycles. The number of benzene rings is 2. The largest absolute Gasteiger partial charge is 0.463 e. The van der Waals surface area contributed by atoms with Crippen LogP contribution in [0.5, 0.6) is 0 Å². The average molecular weight is 377 g/mol. The predicted molar refractivity (Wildman–Crippen MR) is 109 cm³/mol. The highest BCUT2D eigenvalue weighted by molar-refractivity contribution is 5.96. The molecular weight excluding hydrogens is 350 g/mol. The number of ether oxygens (including phenoxy) is 1. The zero-order valence-electron chi connectivity index (χ0n) is 16.6. The van der Waals surface area contributed by atoms with Crippen molar-refractivity contribution in [1.82, 2.24) is 4.90 Å². The normalized spacial score (nSPS) is 17.0. The Morgan fingerprint density at radius 2 is 1.68 bits per heavy atom. The highest BCUT2D eigenvalue weighted by Gasteiger charge is 2.38. The number of hydrogen-bond acceptors (Lipinski definition) is 3. The van der Waals surface area contributed by atoms with Gasteiger partial charge in [-0.05, 0) is 24.5 Å². The van der Waals surface area contributed by atoms with Gasteiger partial charge in [-0.25, -0.2) is 4.79 Å². The van der Waals surface area contributed by atoms with E-state index in [2.05, 4.69) is 6.92 Å². The molecule has 2 aromatic carbocycles. The van der Waals surface area contributed by atoms with Crippen LogP contribution in [0.25, 0.3) is 0 Å². The van der Waals surface area contributed by atoms with E-state index in [1.807, 2.05) is 67.6 Å². The first kappa shape index (κ1) is 19.9. The van der Waals surface area contributed by atoms with Crippen LogP contribution in [0.2, 0.25) is 0 Å². The lowest BCUT2D eigenvalue weighted by Gasteiger charge is -2.36. The molecule has 0 saturated carbocycles. The summed E-state index contributed by atoms with van der Waals surface area (Å²) in [5.41, 5.74) is 3.46. The van der Waals surface area contributed by atoms with Gasteiger partial charge in [0.1, 0.15) is 0 Å². The fraction of sp³-hybridized carbons (Fsp3) is 0.333. The Kier molecular flexibility index (Phi) is 6.64. The first-order valence-corrected chi connectivity index (χ1v) is 9.95. The van der Waals surface area contributed by atoms with Crippen LogP contribution >= 0.6 is 0 Å². The van der Waals surface area contributed by atoms with Gasteiger partial charge in [0.15, 0.2) is 0 Å². The molecule has 1 unspecified atom stereocenters. The fourth-order valence-electron chi connectivity index (χ4n) is 3.78. The minimum Gasteiger partial charge on any atom is -0.463 e. The molecule has 1 atom stereocenters. The summed E-state index contributed by atoms with van der Waals surface area (Å²) >= 11 is 0. The molecule has 0 fully saturated rings. The first-order chi connectivity index (χ1) is 13.7. The van der Waals surface area contributed by atoms with Crippen molar-refractivity contribution in [2.24, 2.45) is 0 Å². The lowest BCUT2D eigenvalue weighted by molar-refractivity contribution is -0.140. The Morgan fingerprint density at radius 1 is 1.04 bits per heavy atom. The molecule has 0 aromatic heterocycles. The third kappa shape index (κ3) is 4.33. The summed E-state index contributed by atoms with van der Waals surface area (Å²) in [6, 6.07) is 19.7. The van der Waals surface area contributed by atoms with E-state index in [1.54, 1.807) is 4.90 Å². The van der Waals surface area contributed by atoms with Gasteiger partial charge < -0.3 is 9.64 Å². The second-order valence-electron chi connectivity index (χ2n) is 6.96. The molecule has 3 rings (SSSR count). The second kappa shape index (κ2) is 9.36. The molecule has 2 aromatic rings. The summed E-state index contributed by atoms with van der Waals surface area (Å²) in [6.07, 6.45) is 1.78. The van der Waals surface area contributed by atoms with Crippen LogP contribution in [0.15, 0.2) is 71.9 Å². The van der Waals surface area contributed by atoms with Gasteiger partial charge in [-0.3, -0.25) is 4.79 Å². The number of carbonyl (C=O) groups is 2. The molecule has 1 amide bonds. The highest BCUT2D eigenvalue weighted by Crippen LogP contribution is 2.39. The molecule has 0 aliphatic carbocycles. The van der Waals surface area contributed by atoms with Crippen LogP contribution in [-0.4, -0.2) is 23.4 Å². The van der Waals surface area contributed by atoms with E-state index in [4.69, 9.17) is 4.74 Å². The molecule has 0 N–H and O–H groups in total. The van der Waals surface area contributed by atoms with Gasteiger partial charge in [0.25, 0.3) is 0 Å². The molecule has 4 nitrogen and oxygen atoms in total. The molecule has 0 radical (unpaired) electrons. The SMILES string of the molecule is CCCC1=C(C(=O)OCC)C(c2ccccc2)CC(=O)N1Cc1ccccc1. The zero-order valence-corrected chi connectivity index (χ0v) is 16.6. The van der Waals surface area contributed by atoms with Crippen molar-refractivity contribution in [3.63, 3.8) is 0 Å². The number of carbonyl (C=O) groups excluding carboxylic acids is 2. The van der Waals surface area contributed by atoms with Crippen molar-refractivity contribution < 1.29 is 14.3 Å². The summed E-state index contributed by atoms with van der Waals surface area (Å²) in [7, 11) is 0. The molecule has 0 spiro atoms. The number of esters is 1. The summed E-state index contributed by atoms with van der Waals surface area (Å²) < 4.78 is 5.41. The van der Waals surface area contributed by atoms with Gasteiger partial charge in [-0.1, -0.05) is 74.0 Å². The van der Waals surface area contributed by atoms with Crippen LogP contribution in [0.1, 0.15) is 50.2 Å². The van der Waals surface area contributed by atoms with E-state index in [9.17, 15) is 9.59 Å². The number of amides is 1. The molecule has 146 valence electrons. The van der Waals surface area contributed by atoms with E-state index >= 15 is 0 Å².